The van der Waals surface area contributed by atoms with Crippen molar-refractivity contribution in [2.75, 3.05) is 11.4 Å². The second kappa shape index (κ2) is 6.72. The summed E-state index contributed by atoms with van der Waals surface area (Å²) >= 11 is 0. The smallest absolute Gasteiger partial charge is 0.414 e. The zero-order chi connectivity index (χ0) is 15.5. The zero-order valence-electron chi connectivity index (χ0n) is 13.9. The monoisotopic (exact) mass is 301 g/mol. The van der Waals surface area contributed by atoms with Crippen LogP contribution in [-0.2, 0) is 24.0 Å². The molecule has 0 aromatic heterocycles. The number of aryl methyl sites for hydroxylation is 3. The van der Waals surface area contributed by atoms with Crippen LogP contribution < -0.4 is 4.90 Å². The molecule has 0 saturated heterocycles. The Balaban J connectivity index is 1.88. The van der Waals surface area contributed by atoms with Gasteiger partial charge in [0, 0.05) is 6.54 Å². The summed E-state index contributed by atoms with van der Waals surface area (Å²) in [5.74, 6) is 0. The fourth-order valence-corrected chi connectivity index (χ4v) is 3.67. The molecule has 3 heteroatoms. The summed E-state index contributed by atoms with van der Waals surface area (Å²) in [6.07, 6.45) is 8.52. The Kier molecular flexibility index (Phi) is 4.70. The van der Waals surface area contributed by atoms with Crippen LogP contribution in [0.15, 0.2) is 12.1 Å². The Morgan fingerprint density at radius 3 is 2.45 bits per heavy atom. The molecule has 3 nitrogen and oxygen atoms in total. The zero-order valence-corrected chi connectivity index (χ0v) is 13.9. The van der Waals surface area contributed by atoms with E-state index in [1.807, 2.05) is 4.90 Å². The van der Waals surface area contributed by atoms with Crippen LogP contribution in [0.4, 0.5) is 10.5 Å². The summed E-state index contributed by atoms with van der Waals surface area (Å²) in [5.41, 5.74) is 5.36. The molecule has 1 heterocycles. The maximum atomic E-state index is 12.6. The number of hydrogen-bond donors (Lipinski definition) is 0. The van der Waals surface area contributed by atoms with Gasteiger partial charge in [0.05, 0.1) is 5.69 Å². The molecule has 1 aromatic rings. The van der Waals surface area contributed by atoms with Crippen molar-refractivity contribution in [3.8, 4) is 0 Å². The number of anilines is 1. The molecule has 1 aromatic carbocycles. The second-order valence-electron chi connectivity index (χ2n) is 6.53. The number of hydrogen-bond acceptors (Lipinski definition) is 2. The molecule has 0 fully saturated rings. The number of fused-ring (bicyclic) bond motifs is 2. The van der Waals surface area contributed by atoms with Crippen LogP contribution in [-0.4, -0.2) is 18.7 Å². The van der Waals surface area contributed by atoms with E-state index in [0.717, 1.165) is 50.8 Å². The highest BCUT2D eigenvalue weighted by Crippen LogP contribution is 2.34. The van der Waals surface area contributed by atoms with E-state index in [1.54, 1.807) is 0 Å². The Labute approximate surface area is 133 Å². The van der Waals surface area contributed by atoms with Crippen LogP contribution in [0, 0.1) is 0 Å². The minimum absolute atomic E-state index is 0.0358. The van der Waals surface area contributed by atoms with Crippen molar-refractivity contribution < 1.29 is 9.53 Å². The summed E-state index contributed by atoms with van der Waals surface area (Å²) in [4.78, 5) is 14.5. The number of nitrogens with zero attached hydrogens (tertiary/aromatic N) is 1. The van der Waals surface area contributed by atoms with Gasteiger partial charge < -0.3 is 4.74 Å². The van der Waals surface area contributed by atoms with Gasteiger partial charge in [-0.05, 0) is 74.1 Å². The van der Waals surface area contributed by atoms with Crippen molar-refractivity contribution in [2.45, 2.75) is 71.3 Å². The van der Waals surface area contributed by atoms with Crippen molar-refractivity contribution >= 4 is 11.8 Å². The molecule has 22 heavy (non-hydrogen) atoms. The lowest BCUT2D eigenvalue weighted by Crippen LogP contribution is -2.35. The van der Waals surface area contributed by atoms with Crippen molar-refractivity contribution in [3.05, 3.63) is 28.8 Å². The summed E-state index contributed by atoms with van der Waals surface area (Å²) in [6, 6.07) is 4.61. The molecule has 0 atom stereocenters. The predicted octanol–water partition coefficient (Wildman–Crippen LogP) is 4.64. The Bertz CT molecular complexity index is 549. The largest absolute Gasteiger partial charge is 0.446 e. The average Bonchev–Trinajstić information content (AvgIpc) is 2.88. The minimum Gasteiger partial charge on any atom is -0.446 e. The number of amides is 1. The van der Waals surface area contributed by atoms with Gasteiger partial charge >= 0.3 is 6.09 Å². The second-order valence-corrected chi connectivity index (χ2v) is 6.53. The Morgan fingerprint density at radius 1 is 1.05 bits per heavy atom. The third-order valence-electron chi connectivity index (χ3n) is 5.06. The topological polar surface area (TPSA) is 29.5 Å². The van der Waals surface area contributed by atoms with E-state index in [-0.39, 0.29) is 12.2 Å². The van der Waals surface area contributed by atoms with Crippen molar-refractivity contribution in [1.82, 2.24) is 0 Å². The van der Waals surface area contributed by atoms with Crippen LogP contribution in [0.3, 0.4) is 0 Å². The van der Waals surface area contributed by atoms with Crippen molar-refractivity contribution in [1.29, 1.82) is 0 Å². The molecule has 2 aliphatic rings. The molecule has 0 radical (unpaired) electrons. The predicted molar refractivity (Wildman–Crippen MR) is 89.6 cm³/mol. The summed E-state index contributed by atoms with van der Waals surface area (Å²) < 4.78 is 5.71. The lowest BCUT2D eigenvalue weighted by Gasteiger charge is -2.25. The minimum atomic E-state index is -0.158. The average molecular weight is 301 g/mol. The van der Waals surface area contributed by atoms with E-state index in [4.69, 9.17) is 4.74 Å². The molecule has 0 N–H and O–H groups in total. The maximum Gasteiger partial charge on any atom is 0.414 e. The number of ether oxygens (including phenoxy) is 1. The quantitative estimate of drug-likeness (QED) is 0.813. The normalized spacial score (nSPS) is 17.1. The number of rotatable bonds is 3. The van der Waals surface area contributed by atoms with Gasteiger partial charge in [-0.1, -0.05) is 19.9 Å². The highest BCUT2D eigenvalue weighted by Gasteiger charge is 2.26. The van der Waals surface area contributed by atoms with Gasteiger partial charge in [-0.15, -0.1) is 0 Å². The SMILES string of the molecule is CCC(CC)OC(=O)N1CCCCc2cc3c(cc21)CCC3. The Morgan fingerprint density at radius 2 is 1.73 bits per heavy atom. The van der Waals surface area contributed by atoms with Crippen LogP contribution in [0.5, 0.6) is 0 Å². The molecule has 0 spiro atoms. The molecule has 1 aliphatic carbocycles. The molecule has 120 valence electrons. The number of benzene rings is 1. The molecular weight excluding hydrogens is 274 g/mol. The maximum absolute atomic E-state index is 12.6. The fourth-order valence-electron chi connectivity index (χ4n) is 3.67. The lowest BCUT2D eigenvalue weighted by molar-refractivity contribution is 0.0992. The summed E-state index contributed by atoms with van der Waals surface area (Å²) in [7, 11) is 0. The third-order valence-corrected chi connectivity index (χ3v) is 5.06. The molecular formula is C19H27NO2. The van der Waals surface area contributed by atoms with E-state index in [0.29, 0.717) is 0 Å². The van der Waals surface area contributed by atoms with Gasteiger partial charge in [0.15, 0.2) is 0 Å². The number of carbonyl (C=O) groups excluding carboxylic acids is 1. The Hall–Kier alpha value is -1.51. The van der Waals surface area contributed by atoms with E-state index in [9.17, 15) is 4.79 Å². The summed E-state index contributed by atoms with van der Waals surface area (Å²) in [5, 5.41) is 0. The standard InChI is InChI=1S/C19H27NO2/c1-3-17(4-2)22-19(21)20-11-6-5-8-16-12-14-9-7-10-15(14)13-18(16)20/h12-13,17H,3-11H2,1-2H3. The van der Waals surface area contributed by atoms with E-state index >= 15 is 0 Å². The summed E-state index contributed by atoms with van der Waals surface area (Å²) in [6.45, 7) is 4.93. The highest BCUT2D eigenvalue weighted by atomic mass is 16.6. The van der Waals surface area contributed by atoms with Crippen LogP contribution in [0.25, 0.3) is 0 Å². The highest BCUT2D eigenvalue weighted by molar-refractivity contribution is 5.89. The molecule has 1 amide bonds. The first-order chi connectivity index (χ1) is 10.7. The third kappa shape index (κ3) is 2.99. The first kappa shape index (κ1) is 15.4. The van der Waals surface area contributed by atoms with Crippen LogP contribution >= 0.6 is 0 Å². The van der Waals surface area contributed by atoms with Crippen molar-refractivity contribution in [3.63, 3.8) is 0 Å². The van der Waals surface area contributed by atoms with Gasteiger partial charge in [-0.2, -0.15) is 0 Å². The number of carbonyl (C=O) groups is 1. The first-order valence-corrected chi connectivity index (χ1v) is 8.85. The van der Waals surface area contributed by atoms with E-state index < -0.39 is 0 Å². The van der Waals surface area contributed by atoms with Crippen LogP contribution in [0.1, 0.15) is 62.6 Å². The van der Waals surface area contributed by atoms with Gasteiger partial charge in [0.25, 0.3) is 0 Å². The molecule has 0 saturated carbocycles. The van der Waals surface area contributed by atoms with Crippen molar-refractivity contribution in [2.24, 2.45) is 0 Å². The lowest BCUT2D eigenvalue weighted by atomic mass is 10.0. The molecule has 0 unspecified atom stereocenters. The van der Waals surface area contributed by atoms with Gasteiger partial charge in [-0.25, -0.2) is 4.79 Å². The molecule has 1 aliphatic heterocycles. The van der Waals surface area contributed by atoms with Gasteiger partial charge in [-0.3, -0.25) is 4.90 Å². The van der Waals surface area contributed by atoms with Crippen LogP contribution in [0.2, 0.25) is 0 Å². The van der Waals surface area contributed by atoms with E-state index in [1.165, 1.54) is 29.5 Å². The van der Waals surface area contributed by atoms with E-state index in [2.05, 4.69) is 26.0 Å². The van der Waals surface area contributed by atoms with Gasteiger partial charge in [0.2, 0.25) is 0 Å². The fraction of sp³-hybridized carbons (Fsp3) is 0.632. The molecule has 3 rings (SSSR count). The van der Waals surface area contributed by atoms with Gasteiger partial charge in [0.1, 0.15) is 6.10 Å². The molecule has 0 bridgehead atoms. The first-order valence-electron chi connectivity index (χ1n) is 8.85.